The Kier molecular flexibility index (Phi) is 7.49. The van der Waals surface area contributed by atoms with E-state index in [4.69, 9.17) is 10.5 Å². The molecular weight excluding hydrogens is 401 g/mol. The van der Waals surface area contributed by atoms with E-state index in [0.717, 1.165) is 12.1 Å². The Morgan fingerprint density at radius 3 is 2.53 bits per heavy atom. The third-order valence-electron chi connectivity index (χ3n) is 4.65. The van der Waals surface area contributed by atoms with Crippen LogP contribution < -0.4 is 16.0 Å². The summed E-state index contributed by atoms with van der Waals surface area (Å²) in [5.74, 6) is -1.04. The molecule has 10 heteroatoms. The van der Waals surface area contributed by atoms with E-state index in [9.17, 15) is 22.8 Å². The van der Waals surface area contributed by atoms with Gasteiger partial charge in [0.05, 0.1) is 17.9 Å². The van der Waals surface area contributed by atoms with Crippen LogP contribution in [-0.2, 0) is 20.5 Å². The lowest BCUT2D eigenvalue weighted by Crippen LogP contribution is -2.49. The predicted molar refractivity (Wildman–Crippen MR) is 108 cm³/mol. The summed E-state index contributed by atoms with van der Waals surface area (Å²) >= 11 is 0. The molecule has 0 saturated carbocycles. The summed E-state index contributed by atoms with van der Waals surface area (Å²) in [6.45, 7) is 6.68. The maximum Gasteiger partial charge on any atom is 0.418 e. The maximum absolute atomic E-state index is 13.7. The number of carbonyl (C=O) groups is 2. The molecule has 1 aliphatic heterocycles. The summed E-state index contributed by atoms with van der Waals surface area (Å²) in [6.07, 6.45) is -4.72. The van der Waals surface area contributed by atoms with Gasteiger partial charge >= 0.3 is 6.18 Å². The molecule has 0 unspecified atom stereocenters. The van der Waals surface area contributed by atoms with E-state index in [2.05, 4.69) is 5.32 Å². The van der Waals surface area contributed by atoms with Crippen LogP contribution in [0.15, 0.2) is 18.2 Å². The number of hydrogen-bond acceptors (Lipinski definition) is 5. The van der Waals surface area contributed by atoms with Crippen molar-refractivity contribution in [3.63, 3.8) is 0 Å². The summed E-state index contributed by atoms with van der Waals surface area (Å²) in [6, 6.07) is 2.63. The third-order valence-corrected chi connectivity index (χ3v) is 4.65. The van der Waals surface area contributed by atoms with Crippen molar-refractivity contribution in [1.29, 1.82) is 0 Å². The Balaban J connectivity index is 2.29. The highest BCUT2D eigenvalue weighted by Gasteiger charge is 2.36. The monoisotopic (exact) mass is 430 g/mol. The fraction of sp³-hybridized carbons (Fsp3) is 0.600. The molecule has 1 heterocycles. The van der Waals surface area contributed by atoms with E-state index in [1.165, 1.54) is 11.0 Å². The Bertz CT molecular complexity index is 778. The minimum Gasteiger partial charge on any atom is -0.370 e. The van der Waals surface area contributed by atoms with Gasteiger partial charge in [-0.05, 0) is 30.7 Å². The number of amides is 2. The number of nitrogens with one attached hydrogen (secondary N) is 1. The molecule has 2 amide bonds. The molecule has 1 aliphatic rings. The zero-order valence-corrected chi connectivity index (χ0v) is 17.7. The molecule has 2 rings (SSSR count). The number of benzene rings is 1. The van der Waals surface area contributed by atoms with Gasteiger partial charge in [-0.3, -0.25) is 14.5 Å². The molecule has 1 aromatic carbocycles. The molecule has 1 atom stereocenters. The standard InChI is InChI=1S/C20H29F3N4O3/c1-19(2,3)12-26(4)16(10-24)18(29)25-15-6-5-13(9-14(15)20(21,22)23)27-7-8-30-11-17(27)28/h5-6,9,16H,7-8,10-12,24H2,1-4H3,(H,25,29)/t16-/m1/s1. The van der Waals surface area contributed by atoms with Crippen molar-refractivity contribution in [3.8, 4) is 0 Å². The molecule has 30 heavy (non-hydrogen) atoms. The van der Waals surface area contributed by atoms with Crippen LogP contribution in [0.2, 0.25) is 0 Å². The van der Waals surface area contributed by atoms with Gasteiger partial charge in [-0.15, -0.1) is 0 Å². The molecular formula is C20H29F3N4O3. The van der Waals surface area contributed by atoms with Crippen molar-refractivity contribution in [2.75, 3.05) is 50.1 Å². The first-order valence-corrected chi connectivity index (χ1v) is 9.64. The first-order valence-electron chi connectivity index (χ1n) is 9.64. The minimum atomic E-state index is -4.72. The molecule has 7 nitrogen and oxygen atoms in total. The van der Waals surface area contributed by atoms with Gasteiger partial charge in [0.1, 0.15) is 12.6 Å². The second-order valence-corrected chi connectivity index (χ2v) is 8.54. The second-order valence-electron chi connectivity index (χ2n) is 8.54. The Morgan fingerprint density at radius 1 is 1.33 bits per heavy atom. The first-order chi connectivity index (χ1) is 13.8. The van der Waals surface area contributed by atoms with Crippen molar-refractivity contribution < 1.29 is 27.5 Å². The summed E-state index contributed by atoms with van der Waals surface area (Å²) in [7, 11) is 1.71. The molecule has 0 aromatic heterocycles. The number of nitrogens with zero attached hydrogens (tertiary/aromatic N) is 2. The van der Waals surface area contributed by atoms with Crippen LogP contribution in [0.25, 0.3) is 0 Å². The van der Waals surface area contributed by atoms with Crippen LogP contribution in [0.3, 0.4) is 0 Å². The van der Waals surface area contributed by atoms with Crippen molar-refractivity contribution in [2.24, 2.45) is 11.1 Å². The molecule has 1 aromatic rings. The van der Waals surface area contributed by atoms with Crippen LogP contribution in [0.5, 0.6) is 0 Å². The first kappa shape index (κ1) is 24.1. The van der Waals surface area contributed by atoms with Crippen molar-refractivity contribution in [1.82, 2.24) is 4.90 Å². The molecule has 3 N–H and O–H groups in total. The smallest absolute Gasteiger partial charge is 0.370 e. The summed E-state index contributed by atoms with van der Waals surface area (Å²) in [5.41, 5.74) is 4.31. The normalized spacial score (nSPS) is 16.7. The zero-order chi connectivity index (χ0) is 22.7. The van der Waals surface area contributed by atoms with Crippen molar-refractivity contribution in [3.05, 3.63) is 23.8 Å². The molecule has 168 valence electrons. The second kappa shape index (κ2) is 9.32. The molecule has 0 radical (unpaired) electrons. The average molecular weight is 430 g/mol. The van der Waals surface area contributed by atoms with Gasteiger partial charge in [-0.2, -0.15) is 13.2 Å². The van der Waals surface area contributed by atoms with Gasteiger partial charge in [0.2, 0.25) is 5.91 Å². The Morgan fingerprint density at radius 2 is 2.00 bits per heavy atom. The molecule has 1 fully saturated rings. The zero-order valence-electron chi connectivity index (χ0n) is 17.7. The van der Waals surface area contributed by atoms with E-state index in [-0.39, 0.29) is 43.1 Å². The van der Waals surface area contributed by atoms with Crippen LogP contribution in [-0.4, -0.2) is 62.7 Å². The van der Waals surface area contributed by atoms with Crippen LogP contribution in [0, 0.1) is 5.41 Å². The fourth-order valence-corrected chi connectivity index (χ4v) is 3.40. The third kappa shape index (κ3) is 6.16. The molecule has 0 spiro atoms. The van der Waals surface area contributed by atoms with Gasteiger partial charge in [-0.1, -0.05) is 20.8 Å². The van der Waals surface area contributed by atoms with Gasteiger partial charge in [0.25, 0.3) is 5.91 Å². The fourth-order valence-electron chi connectivity index (χ4n) is 3.40. The topological polar surface area (TPSA) is 87.9 Å². The number of anilines is 2. The summed E-state index contributed by atoms with van der Waals surface area (Å²) in [4.78, 5) is 27.6. The number of rotatable bonds is 6. The van der Waals surface area contributed by atoms with Gasteiger partial charge in [-0.25, -0.2) is 0 Å². The van der Waals surface area contributed by atoms with Crippen LogP contribution >= 0.6 is 0 Å². The number of nitrogens with two attached hydrogens (primary N) is 1. The van der Waals surface area contributed by atoms with E-state index in [1.54, 1.807) is 11.9 Å². The predicted octanol–water partition coefficient (Wildman–Crippen LogP) is 2.31. The summed E-state index contributed by atoms with van der Waals surface area (Å²) < 4.78 is 46.1. The van der Waals surface area contributed by atoms with Gasteiger partial charge < -0.3 is 20.7 Å². The summed E-state index contributed by atoms with van der Waals surface area (Å²) in [5, 5.41) is 2.37. The van der Waals surface area contributed by atoms with E-state index in [1.807, 2.05) is 20.8 Å². The number of likely N-dealkylation sites (N-methyl/N-ethyl adjacent to an activating group) is 1. The van der Waals surface area contributed by atoms with Crippen molar-refractivity contribution in [2.45, 2.75) is 33.0 Å². The number of alkyl halides is 3. The van der Waals surface area contributed by atoms with Gasteiger partial charge in [0, 0.05) is 25.3 Å². The lowest BCUT2D eigenvalue weighted by Gasteiger charge is -2.32. The lowest BCUT2D eigenvalue weighted by molar-refractivity contribution is -0.137. The number of halogens is 3. The number of hydrogen-bond donors (Lipinski definition) is 2. The number of morpholine rings is 1. The van der Waals surface area contributed by atoms with E-state index < -0.39 is 29.6 Å². The highest BCUT2D eigenvalue weighted by atomic mass is 19.4. The van der Waals surface area contributed by atoms with Crippen molar-refractivity contribution >= 4 is 23.2 Å². The largest absolute Gasteiger partial charge is 0.418 e. The quantitative estimate of drug-likeness (QED) is 0.723. The minimum absolute atomic E-state index is 0.0415. The number of ether oxygens (including phenoxy) is 1. The Hall–Kier alpha value is -2.17. The highest BCUT2D eigenvalue weighted by molar-refractivity contribution is 5.97. The molecule has 0 aliphatic carbocycles. The van der Waals surface area contributed by atoms with Crippen LogP contribution in [0.4, 0.5) is 24.5 Å². The van der Waals surface area contributed by atoms with Crippen LogP contribution in [0.1, 0.15) is 26.3 Å². The molecule has 1 saturated heterocycles. The lowest BCUT2D eigenvalue weighted by atomic mass is 9.95. The SMILES string of the molecule is CN(CC(C)(C)C)[C@H](CN)C(=O)Nc1ccc(N2CCOCC2=O)cc1C(F)(F)F. The molecule has 0 bridgehead atoms. The average Bonchev–Trinajstić information content (AvgIpc) is 2.60. The van der Waals surface area contributed by atoms with E-state index >= 15 is 0 Å². The Labute approximate surface area is 174 Å². The van der Waals surface area contributed by atoms with Gasteiger partial charge in [0.15, 0.2) is 0 Å². The maximum atomic E-state index is 13.7. The number of carbonyl (C=O) groups excluding carboxylic acids is 2. The van der Waals surface area contributed by atoms with E-state index in [0.29, 0.717) is 6.54 Å². The highest BCUT2D eigenvalue weighted by Crippen LogP contribution is 2.37.